The van der Waals surface area contributed by atoms with Crippen LogP contribution < -0.4 is 14.8 Å². The molecule has 0 aliphatic heterocycles. The molecule has 0 unspecified atom stereocenters. The molecule has 1 aromatic heterocycles. The number of rotatable bonds is 8. The van der Waals surface area contributed by atoms with Crippen molar-refractivity contribution in [1.82, 2.24) is 9.78 Å². The Hall–Kier alpha value is -2.52. The van der Waals surface area contributed by atoms with Gasteiger partial charge in [-0.25, -0.2) is 0 Å². The van der Waals surface area contributed by atoms with E-state index in [1.807, 2.05) is 0 Å². The molecule has 11 heteroatoms. The number of aromatic nitrogens is 2. The van der Waals surface area contributed by atoms with Crippen LogP contribution in [0.1, 0.15) is 18.5 Å². The molecule has 0 spiro atoms. The number of amides is 1. The lowest BCUT2D eigenvalue weighted by Crippen LogP contribution is -2.14. The van der Waals surface area contributed by atoms with Crippen molar-refractivity contribution in [1.29, 1.82) is 0 Å². The Bertz CT molecular complexity index is 869. The fourth-order valence-corrected chi connectivity index (χ4v) is 2.84. The smallest absolute Gasteiger partial charge is 0.408 e. The van der Waals surface area contributed by atoms with Gasteiger partial charge in [0, 0.05) is 18.6 Å². The molecule has 0 saturated heterocycles. The van der Waals surface area contributed by atoms with E-state index in [-0.39, 0.29) is 17.4 Å². The highest BCUT2D eigenvalue weighted by Gasteiger charge is 2.23. The molecule has 0 fully saturated rings. The first-order valence-corrected chi connectivity index (χ1v) is 8.62. The molecule has 0 atom stereocenters. The number of methoxy groups -OCH3 is 2. The summed E-state index contributed by atoms with van der Waals surface area (Å²) in [6.45, 7) is 1.95. The highest BCUT2D eigenvalue weighted by Crippen LogP contribution is 2.36. The number of aryl methyl sites for hydroxylation is 1. The minimum atomic E-state index is -0.640. The quantitative estimate of drug-likeness (QED) is 0.516. The number of carbonyl (C=O) groups excluding carboxylic acids is 1. The highest BCUT2D eigenvalue weighted by atomic mass is 35.5. The summed E-state index contributed by atoms with van der Waals surface area (Å²) in [7, 11) is 2.93. The minimum Gasteiger partial charge on any atom is -0.495 e. The number of benzene rings is 1. The summed E-state index contributed by atoms with van der Waals surface area (Å²) in [6.07, 6.45) is 0.577. The predicted molar refractivity (Wildman–Crippen MR) is 101 cm³/mol. The zero-order valence-corrected chi connectivity index (χ0v) is 16.4. The van der Waals surface area contributed by atoms with Gasteiger partial charge in [0.25, 0.3) is 0 Å². The SMILES string of the molecule is COc1cc(NC(=O)CCCn2nc([N+](=O)[O-])c(Cl)c2C)c(OC)cc1Cl. The van der Waals surface area contributed by atoms with E-state index in [2.05, 4.69) is 10.4 Å². The van der Waals surface area contributed by atoms with Crippen LogP contribution in [0.4, 0.5) is 11.5 Å². The zero-order valence-electron chi connectivity index (χ0n) is 14.9. The number of hydrogen-bond donors (Lipinski definition) is 1. The number of carbonyl (C=O) groups is 1. The van der Waals surface area contributed by atoms with Crippen LogP contribution in [-0.2, 0) is 11.3 Å². The highest BCUT2D eigenvalue weighted by molar-refractivity contribution is 6.33. The van der Waals surface area contributed by atoms with Crippen LogP contribution in [0.2, 0.25) is 10.0 Å². The molecule has 27 heavy (non-hydrogen) atoms. The largest absolute Gasteiger partial charge is 0.495 e. The lowest BCUT2D eigenvalue weighted by Gasteiger charge is -2.13. The number of nitro groups is 1. The summed E-state index contributed by atoms with van der Waals surface area (Å²) in [5, 5.41) is 17.8. The lowest BCUT2D eigenvalue weighted by atomic mass is 10.2. The average molecular weight is 417 g/mol. The molecule has 0 saturated carbocycles. The van der Waals surface area contributed by atoms with Crippen LogP contribution in [-0.4, -0.2) is 34.8 Å². The number of nitrogens with one attached hydrogen (secondary N) is 1. The molecule has 0 aliphatic rings. The van der Waals surface area contributed by atoms with Gasteiger partial charge in [-0.3, -0.25) is 4.79 Å². The number of hydrogen-bond acceptors (Lipinski definition) is 6. The van der Waals surface area contributed by atoms with Crippen LogP contribution in [0.25, 0.3) is 0 Å². The first-order chi connectivity index (χ1) is 12.8. The summed E-state index contributed by atoms with van der Waals surface area (Å²) in [5.41, 5.74) is 0.908. The third-order valence-electron chi connectivity index (χ3n) is 3.81. The Labute approximate surface area is 165 Å². The van der Waals surface area contributed by atoms with E-state index >= 15 is 0 Å². The second-order valence-corrected chi connectivity index (χ2v) is 6.33. The Morgan fingerprint density at radius 2 is 1.96 bits per heavy atom. The second kappa shape index (κ2) is 8.92. The molecule has 146 valence electrons. The number of halogens is 2. The summed E-state index contributed by atoms with van der Waals surface area (Å²) in [5.74, 6) is 0.154. The molecule has 0 aliphatic carbocycles. The molecular formula is C16H18Cl2N4O5. The van der Waals surface area contributed by atoms with Gasteiger partial charge in [0.05, 0.1) is 42.3 Å². The molecule has 2 rings (SSSR count). The molecule has 9 nitrogen and oxygen atoms in total. The Kier molecular flexibility index (Phi) is 6.86. The molecule has 2 aromatic rings. The Morgan fingerprint density at radius 3 is 2.52 bits per heavy atom. The monoisotopic (exact) mass is 416 g/mol. The van der Waals surface area contributed by atoms with Gasteiger partial charge in [-0.15, -0.1) is 0 Å². The zero-order chi connectivity index (χ0) is 20.1. The van der Waals surface area contributed by atoms with E-state index in [1.54, 1.807) is 19.1 Å². The Morgan fingerprint density at radius 1 is 1.30 bits per heavy atom. The van der Waals surface area contributed by atoms with Crippen LogP contribution >= 0.6 is 23.2 Å². The summed E-state index contributed by atoms with van der Waals surface area (Å²) in [4.78, 5) is 22.4. The van der Waals surface area contributed by atoms with Crippen molar-refractivity contribution < 1.29 is 19.2 Å². The van der Waals surface area contributed by atoms with Crippen molar-refractivity contribution in [3.8, 4) is 11.5 Å². The second-order valence-electron chi connectivity index (χ2n) is 5.54. The summed E-state index contributed by atoms with van der Waals surface area (Å²) in [6, 6.07) is 3.12. The third kappa shape index (κ3) is 4.81. The first-order valence-electron chi connectivity index (χ1n) is 7.87. The molecule has 0 radical (unpaired) electrons. The Balaban J connectivity index is 2.00. The van der Waals surface area contributed by atoms with Gasteiger partial charge in [0.1, 0.15) is 11.5 Å². The van der Waals surface area contributed by atoms with Crippen LogP contribution in [0, 0.1) is 17.0 Å². The summed E-state index contributed by atoms with van der Waals surface area (Å²) < 4.78 is 11.8. The molecule has 1 amide bonds. The lowest BCUT2D eigenvalue weighted by molar-refractivity contribution is -0.389. The van der Waals surface area contributed by atoms with Crippen molar-refractivity contribution in [3.05, 3.63) is 38.0 Å². The van der Waals surface area contributed by atoms with Crippen LogP contribution in [0.5, 0.6) is 11.5 Å². The fourth-order valence-electron chi connectivity index (χ4n) is 2.40. The van der Waals surface area contributed by atoms with E-state index < -0.39 is 10.7 Å². The van der Waals surface area contributed by atoms with Crippen LogP contribution in [0.15, 0.2) is 12.1 Å². The van der Waals surface area contributed by atoms with E-state index in [1.165, 1.54) is 18.9 Å². The number of anilines is 1. The molecule has 1 aromatic carbocycles. The maximum Gasteiger partial charge on any atom is 0.408 e. The van der Waals surface area contributed by atoms with Gasteiger partial charge in [0.15, 0.2) is 5.02 Å². The van der Waals surface area contributed by atoms with Crippen molar-refractivity contribution in [2.24, 2.45) is 0 Å². The number of ether oxygens (including phenoxy) is 2. The third-order valence-corrected chi connectivity index (χ3v) is 4.55. The van der Waals surface area contributed by atoms with Gasteiger partial charge in [-0.05, 0) is 18.3 Å². The fraction of sp³-hybridized carbons (Fsp3) is 0.375. The minimum absolute atomic E-state index is 0.00227. The van der Waals surface area contributed by atoms with Gasteiger partial charge >= 0.3 is 5.82 Å². The van der Waals surface area contributed by atoms with Crippen LogP contribution in [0.3, 0.4) is 0 Å². The predicted octanol–water partition coefficient (Wildman–Crippen LogP) is 3.84. The van der Waals surface area contributed by atoms with Gasteiger partial charge in [-0.1, -0.05) is 23.2 Å². The average Bonchev–Trinajstić information content (AvgIpc) is 2.91. The normalized spacial score (nSPS) is 10.6. The van der Waals surface area contributed by atoms with Crippen molar-refractivity contribution >= 4 is 40.6 Å². The topological polar surface area (TPSA) is 109 Å². The van der Waals surface area contributed by atoms with E-state index in [0.29, 0.717) is 40.9 Å². The van der Waals surface area contributed by atoms with E-state index in [0.717, 1.165) is 0 Å². The molecular weight excluding hydrogens is 399 g/mol. The summed E-state index contributed by atoms with van der Waals surface area (Å²) >= 11 is 11.9. The number of nitrogens with zero attached hydrogens (tertiary/aromatic N) is 3. The molecule has 1 heterocycles. The van der Waals surface area contributed by atoms with Crippen molar-refractivity contribution in [2.45, 2.75) is 26.3 Å². The first kappa shape index (κ1) is 20.8. The standard InChI is InChI=1S/C16H18Cl2N4O5/c1-9-15(18)16(22(24)25)20-21(9)6-4-5-14(23)19-11-8-12(26-2)10(17)7-13(11)27-3/h7-8H,4-6H2,1-3H3,(H,19,23). The van der Waals surface area contributed by atoms with E-state index in [9.17, 15) is 14.9 Å². The molecule has 1 N–H and O–H groups in total. The maximum atomic E-state index is 12.2. The van der Waals surface area contributed by atoms with E-state index in [4.69, 9.17) is 32.7 Å². The maximum absolute atomic E-state index is 12.2. The molecule has 0 bridgehead atoms. The van der Waals surface area contributed by atoms with Gasteiger partial charge < -0.3 is 24.9 Å². The van der Waals surface area contributed by atoms with Crippen molar-refractivity contribution in [3.63, 3.8) is 0 Å². The van der Waals surface area contributed by atoms with Gasteiger partial charge in [0.2, 0.25) is 5.91 Å². The van der Waals surface area contributed by atoms with Crippen molar-refractivity contribution in [2.75, 3.05) is 19.5 Å². The van der Waals surface area contributed by atoms with Gasteiger partial charge in [-0.2, -0.15) is 4.68 Å².